The quantitative estimate of drug-likeness (QED) is 0.330. The zero-order valence-corrected chi connectivity index (χ0v) is 18.1. The van der Waals surface area contributed by atoms with Crippen LogP contribution in [0.2, 0.25) is 0 Å². The molecule has 2 unspecified atom stereocenters. The van der Waals surface area contributed by atoms with E-state index >= 15 is 0 Å². The lowest BCUT2D eigenvalue weighted by atomic mass is 9.88. The number of aliphatic carboxylic acids is 1. The maximum absolute atomic E-state index is 10.7. The van der Waals surface area contributed by atoms with Crippen LogP contribution in [0.1, 0.15) is 65.2 Å². The van der Waals surface area contributed by atoms with Crippen LogP contribution in [0.15, 0.2) is 12.2 Å². The zero-order valence-electron chi connectivity index (χ0n) is 16.5. The van der Waals surface area contributed by atoms with Crippen molar-refractivity contribution >= 4 is 21.9 Å². The second kappa shape index (κ2) is 10.9. The van der Waals surface area contributed by atoms with E-state index in [2.05, 4.69) is 29.8 Å². The fourth-order valence-corrected chi connectivity index (χ4v) is 5.05. The van der Waals surface area contributed by atoms with Gasteiger partial charge in [-0.1, -0.05) is 54.8 Å². The number of alkyl halides is 1. The van der Waals surface area contributed by atoms with E-state index in [1.165, 1.54) is 0 Å². The van der Waals surface area contributed by atoms with Gasteiger partial charge in [0.15, 0.2) is 0 Å². The van der Waals surface area contributed by atoms with Crippen LogP contribution in [0, 0.1) is 17.8 Å². The Balaban J connectivity index is 1.86. The van der Waals surface area contributed by atoms with Gasteiger partial charge in [-0.3, -0.25) is 4.79 Å². The summed E-state index contributed by atoms with van der Waals surface area (Å²) in [5.41, 5.74) is 0. The number of halogens is 1. The first kappa shape index (κ1) is 22.9. The zero-order chi connectivity index (χ0) is 20.0. The van der Waals surface area contributed by atoms with Crippen LogP contribution in [-0.2, 0) is 9.53 Å². The number of aliphatic hydroxyl groups is 2. The van der Waals surface area contributed by atoms with Crippen molar-refractivity contribution in [2.45, 2.75) is 94.5 Å². The van der Waals surface area contributed by atoms with Crippen LogP contribution in [-0.4, -0.2) is 50.5 Å². The second-order valence-corrected chi connectivity index (χ2v) is 9.47. The number of rotatable bonds is 11. The highest BCUT2D eigenvalue weighted by Crippen LogP contribution is 2.46. The summed E-state index contributed by atoms with van der Waals surface area (Å²) in [6, 6.07) is 0. The van der Waals surface area contributed by atoms with Gasteiger partial charge < -0.3 is 20.1 Å². The molecule has 1 saturated heterocycles. The molecule has 1 saturated carbocycles. The molecular weight excluding hydrogens is 412 g/mol. The molecule has 1 aliphatic carbocycles. The van der Waals surface area contributed by atoms with E-state index < -0.39 is 18.2 Å². The molecule has 0 aromatic carbocycles. The first-order valence-electron chi connectivity index (χ1n) is 10.4. The van der Waals surface area contributed by atoms with Crippen molar-refractivity contribution in [1.29, 1.82) is 0 Å². The number of carboxylic acid groups (broad SMARTS) is 1. The number of hydrogen-bond donors (Lipinski definition) is 3. The van der Waals surface area contributed by atoms with E-state index in [0.717, 1.165) is 32.1 Å². The van der Waals surface area contributed by atoms with Crippen molar-refractivity contribution in [2.24, 2.45) is 17.8 Å². The fraction of sp³-hybridized carbons (Fsp3) is 0.857. The Hall–Kier alpha value is -0.430. The molecule has 0 aromatic heterocycles. The summed E-state index contributed by atoms with van der Waals surface area (Å²) in [4.78, 5) is 10.8. The molecule has 156 valence electrons. The molecule has 0 aromatic rings. The van der Waals surface area contributed by atoms with Gasteiger partial charge in [-0.15, -0.1) is 0 Å². The molecule has 2 fully saturated rings. The first-order valence-corrected chi connectivity index (χ1v) is 11.3. The SMILES string of the molecule is CCCC[C@H](C)[C@H](O)/C=C/[C@@H]1[C@H]2CC(C(Br)CCCC(=O)O)O[C@@H]2C[C@H]1O. The molecule has 5 nitrogen and oxygen atoms in total. The third-order valence-corrected chi connectivity index (χ3v) is 7.19. The van der Waals surface area contributed by atoms with Crippen LogP contribution in [0.25, 0.3) is 0 Å². The summed E-state index contributed by atoms with van der Waals surface area (Å²) < 4.78 is 6.16. The van der Waals surface area contributed by atoms with Gasteiger partial charge in [-0.25, -0.2) is 0 Å². The van der Waals surface area contributed by atoms with Crippen molar-refractivity contribution < 1.29 is 24.9 Å². The van der Waals surface area contributed by atoms with E-state index in [9.17, 15) is 15.0 Å². The summed E-state index contributed by atoms with van der Waals surface area (Å²) in [5.74, 6) is -0.256. The fourth-order valence-electron chi connectivity index (χ4n) is 4.38. The van der Waals surface area contributed by atoms with Gasteiger partial charge in [0.25, 0.3) is 0 Å². The van der Waals surface area contributed by atoms with E-state index in [1.807, 2.05) is 12.2 Å². The van der Waals surface area contributed by atoms with Crippen LogP contribution < -0.4 is 0 Å². The standard InChI is InChI=1S/C21H35BrO5/c1-3-4-6-13(2)17(23)10-9-14-15-11-20(27-19(15)12-18(14)24)16(22)7-5-8-21(25)26/h9-10,13-20,23-24H,3-8,11-12H2,1-2H3,(H,25,26)/b10-9+/t13-,14+,15+,16?,17+,18+,19+,20?/m0/s1. The average Bonchev–Trinajstić information content (AvgIpc) is 3.14. The monoisotopic (exact) mass is 446 g/mol. The third-order valence-electron chi connectivity index (χ3n) is 6.14. The topological polar surface area (TPSA) is 87.0 Å². The van der Waals surface area contributed by atoms with E-state index in [1.54, 1.807) is 0 Å². The molecule has 27 heavy (non-hydrogen) atoms. The third kappa shape index (κ3) is 6.55. The van der Waals surface area contributed by atoms with Crippen molar-refractivity contribution in [3.63, 3.8) is 0 Å². The van der Waals surface area contributed by atoms with E-state index in [0.29, 0.717) is 12.8 Å². The Kier molecular flexibility index (Phi) is 9.26. The summed E-state index contributed by atoms with van der Waals surface area (Å²) >= 11 is 3.67. The number of ether oxygens (including phenoxy) is 1. The Morgan fingerprint density at radius 3 is 2.70 bits per heavy atom. The number of carboxylic acids is 1. The molecule has 2 rings (SSSR count). The summed E-state index contributed by atoms with van der Waals surface area (Å²) in [6.45, 7) is 4.22. The minimum atomic E-state index is -0.765. The molecule has 0 spiro atoms. The summed E-state index contributed by atoms with van der Waals surface area (Å²) in [7, 11) is 0. The Morgan fingerprint density at radius 2 is 2.04 bits per heavy atom. The van der Waals surface area contributed by atoms with Crippen molar-refractivity contribution in [1.82, 2.24) is 0 Å². The normalized spacial score (nSPS) is 33.9. The molecule has 0 bridgehead atoms. The number of fused-ring (bicyclic) bond motifs is 1. The molecule has 3 N–H and O–H groups in total. The van der Waals surface area contributed by atoms with Crippen LogP contribution >= 0.6 is 15.9 Å². The lowest BCUT2D eigenvalue weighted by Gasteiger charge is -2.21. The van der Waals surface area contributed by atoms with Crippen molar-refractivity contribution in [3.05, 3.63) is 12.2 Å². The van der Waals surface area contributed by atoms with Gasteiger partial charge in [0, 0.05) is 23.6 Å². The average molecular weight is 447 g/mol. The number of carbonyl (C=O) groups is 1. The maximum atomic E-state index is 10.7. The summed E-state index contributed by atoms with van der Waals surface area (Å²) in [6.07, 6.45) is 9.42. The minimum absolute atomic E-state index is 0.0201. The molecule has 0 radical (unpaired) electrons. The van der Waals surface area contributed by atoms with Crippen molar-refractivity contribution in [2.75, 3.05) is 0 Å². The van der Waals surface area contributed by atoms with Gasteiger partial charge in [-0.05, 0) is 37.5 Å². The number of hydrogen-bond acceptors (Lipinski definition) is 4. The summed E-state index contributed by atoms with van der Waals surface area (Å²) in [5, 5.41) is 29.6. The second-order valence-electron chi connectivity index (χ2n) is 8.29. The largest absolute Gasteiger partial charge is 0.481 e. The Morgan fingerprint density at radius 1 is 1.30 bits per heavy atom. The lowest BCUT2D eigenvalue weighted by molar-refractivity contribution is -0.137. The van der Waals surface area contributed by atoms with Gasteiger partial charge in [0.1, 0.15) is 0 Å². The molecule has 1 aliphatic heterocycles. The number of aliphatic hydroxyl groups excluding tert-OH is 2. The first-order chi connectivity index (χ1) is 12.8. The van der Waals surface area contributed by atoms with Gasteiger partial charge in [0.05, 0.1) is 24.4 Å². The molecule has 2 aliphatic rings. The highest BCUT2D eigenvalue weighted by atomic mass is 79.9. The van der Waals surface area contributed by atoms with Crippen LogP contribution in [0.4, 0.5) is 0 Å². The van der Waals surface area contributed by atoms with E-state index in [4.69, 9.17) is 9.84 Å². The minimum Gasteiger partial charge on any atom is -0.481 e. The Labute approximate surface area is 171 Å². The smallest absolute Gasteiger partial charge is 0.303 e. The predicted octanol–water partition coefficient (Wildman–Crippen LogP) is 3.90. The lowest BCUT2D eigenvalue weighted by Crippen LogP contribution is -2.24. The van der Waals surface area contributed by atoms with Gasteiger partial charge in [-0.2, -0.15) is 0 Å². The molecule has 8 atom stereocenters. The highest BCUT2D eigenvalue weighted by Gasteiger charge is 2.49. The predicted molar refractivity (Wildman–Crippen MR) is 109 cm³/mol. The van der Waals surface area contributed by atoms with Gasteiger partial charge >= 0.3 is 5.97 Å². The van der Waals surface area contributed by atoms with E-state index in [-0.39, 0.29) is 41.2 Å². The Bertz CT molecular complexity index is 497. The van der Waals surface area contributed by atoms with Crippen LogP contribution in [0.5, 0.6) is 0 Å². The van der Waals surface area contributed by atoms with Gasteiger partial charge in [0.2, 0.25) is 0 Å². The molecular formula is C21H35BrO5. The highest BCUT2D eigenvalue weighted by molar-refractivity contribution is 9.09. The maximum Gasteiger partial charge on any atom is 0.303 e. The van der Waals surface area contributed by atoms with Crippen molar-refractivity contribution in [3.8, 4) is 0 Å². The molecule has 6 heteroatoms. The number of unbranched alkanes of at least 4 members (excludes halogenated alkanes) is 1. The molecule has 0 amide bonds. The van der Waals surface area contributed by atoms with Crippen LogP contribution in [0.3, 0.4) is 0 Å². The molecule has 1 heterocycles.